The molecule has 1 rings (SSSR count). The van der Waals surface area contributed by atoms with Crippen LogP contribution in [0.2, 0.25) is 0 Å². The monoisotopic (exact) mass is 194 g/mol. The van der Waals surface area contributed by atoms with Crippen molar-refractivity contribution in [3.63, 3.8) is 0 Å². The molecule has 0 radical (unpaired) electrons. The minimum Gasteiger partial charge on any atom is -0.395 e. The topological polar surface area (TPSA) is 85.4 Å². The Kier molecular flexibility index (Phi) is 2.86. The molecule has 1 aromatic heterocycles. The lowest BCUT2D eigenvalue weighted by atomic mass is 10.4. The summed E-state index contributed by atoms with van der Waals surface area (Å²) in [6, 6.07) is 2.31. The Morgan fingerprint density at radius 3 is 2.93 bits per heavy atom. The maximum atomic E-state index is 11.1. The van der Waals surface area contributed by atoms with Gasteiger partial charge in [-0.25, -0.2) is 0 Å². The predicted molar refractivity (Wildman–Crippen MR) is 46.5 cm³/mol. The molecule has 0 aromatic carbocycles. The van der Waals surface area contributed by atoms with Gasteiger partial charge in [0.25, 0.3) is 5.91 Å². The minimum atomic E-state index is -0.724. The Balaban J connectivity index is 2.72. The van der Waals surface area contributed by atoms with Gasteiger partial charge in [0.2, 0.25) is 0 Å². The summed E-state index contributed by atoms with van der Waals surface area (Å²) in [5, 5.41) is 12.5. The molecular weight excluding hydrogens is 188 g/mol. The third-order valence-electron chi connectivity index (χ3n) is 1.35. The second-order valence-corrected chi connectivity index (χ2v) is 2.28. The van der Waals surface area contributed by atoms with Gasteiger partial charge in [-0.05, 0) is 6.07 Å². The summed E-state index contributed by atoms with van der Waals surface area (Å²) in [5.74, 6) is 1.01. The van der Waals surface area contributed by atoms with E-state index in [0.717, 1.165) is 6.07 Å². The molecule has 1 amide bonds. The molecule has 0 aliphatic heterocycles. The van der Waals surface area contributed by atoms with Crippen LogP contribution < -0.4 is 5.32 Å². The lowest BCUT2D eigenvalue weighted by Crippen LogP contribution is -2.22. The predicted octanol–water partition coefficient (Wildman–Crippen LogP) is 0.551. The van der Waals surface area contributed by atoms with Crippen LogP contribution in [-0.2, 0) is 0 Å². The summed E-state index contributed by atoms with van der Waals surface area (Å²) in [6.07, 6.45) is 4.90. The smallest absolute Gasteiger partial charge is 0.395 e. The largest absolute Gasteiger partial charge is 0.433 e. The van der Waals surface area contributed by atoms with Gasteiger partial charge >= 0.3 is 5.88 Å². The summed E-state index contributed by atoms with van der Waals surface area (Å²) in [6.45, 7) is 0.0489. The summed E-state index contributed by atoms with van der Waals surface area (Å²) in [4.78, 5) is 20.6. The van der Waals surface area contributed by atoms with E-state index in [-0.39, 0.29) is 12.3 Å². The molecule has 0 aliphatic rings. The van der Waals surface area contributed by atoms with Crippen LogP contribution in [-0.4, -0.2) is 17.4 Å². The molecule has 6 nitrogen and oxygen atoms in total. The highest BCUT2D eigenvalue weighted by Gasteiger charge is 2.16. The van der Waals surface area contributed by atoms with Crippen molar-refractivity contribution >= 4 is 11.8 Å². The van der Waals surface area contributed by atoms with Crippen molar-refractivity contribution in [1.29, 1.82) is 0 Å². The highest BCUT2D eigenvalue weighted by molar-refractivity contribution is 5.91. The van der Waals surface area contributed by atoms with Crippen molar-refractivity contribution in [3.8, 4) is 12.3 Å². The molecule has 14 heavy (non-hydrogen) atoms. The molecule has 0 saturated heterocycles. The molecule has 0 bridgehead atoms. The molecule has 0 atom stereocenters. The van der Waals surface area contributed by atoms with Gasteiger partial charge in [-0.15, -0.1) is 6.42 Å². The second-order valence-electron chi connectivity index (χ2n) is 2.28. The van der Waals surface area contributed by atoms with Crippen LogP contribution in [0, 0.1) is 22.5 Å². The van der Waals surface area contributed by atoms with Crippen LogP contribution in [0.1, 0.15) is 10.6 Å². The van der Waals surface area contributed by atoms with E-state index in [2.05, 4.69) is 15.7 Å². The zero-order valence-electron chi connectivity index (χ0n) is 7.02. The van der Waals surface area contributed by atoms with Crippen molar-refractivity contribution in [3.05, 3.63) is 28.0 Å². The number of nitro groups is 1. The Labute approximate surface area is 79.0 Å². The van der Waals surface area contributed by atoms with Crippen LogP contribution >= 0.6 is 0 Å². The van der Waals surface area contributed by atoms with Crippen molar-refractivity contribution in [2.24, 2.45) is 0 Å². The zero-order valence-corrected chi connectivity index (χ0v) is 7.02. The zero-order chi connectivity index (χ0) is 10.6. The van der Waals surface area contributed by atoms with Gasteiger partial charge in [-0.3, -0.25) is 14.9 Å². The molecule has 6 heteroatoms. The van der Waals surface area contributed by atoms with E-state index in [4.69, 9.17) is 6.42 Å². The van der Waals surface area contributed by atoms with Crippen molar-refractivity contribution in [2.45, 2.75) is 0 Å². The van der Waals surface area contributed by atoms with E-state index in [1.807, 2.05) is 0 Å². The Morgan fingerprint density at radius 1 is 1.71 bits per heavy atom. The van der Waals surface area contributed by atoms with E-state index in [1.54, 1.807) is 0 Å². The Morgan fingerprint density at radius 2 is 2.43 bits per heavy atom. The normalized spacial score (nSPS) is 9.07. The summed E-state index contributed by atoms with van der Waals surface area (Å²) < 4.78 is 4.62. The molecule has 1 N–H and O–H groups in total. The van der Waals surface area contributed by atoms with E-state index < -0.39 is 16.7 Å². The molecule has 0 fully saturated rings. The Bertz CT molecular complexity index is 402. The van der Waals surface area contributed by atoms with Crippen LogP contribution in [0.15, 0.2) is 16.5 Å². The minimum absolute atomic E-state index is 0.0489. The first kappa shape index (κ1) is 9.80. The number of terminal acetylenes is 1. The fourth-order valence-electron chi connectivity index (χ4n) is 0.766. The van der Waals surface area contributed by atoms with Gasteiger partial charge in [0.1, 0.15) is 4.92 Å². The van der Waals surface area contributed by atoms with Crippen LogP contribution in [0.4, 0.5) is 5.88 Å². The highest BCUT2D eigenvalue weighted by Crippen LogP contribution is 2.14. The third kappa shape index (κ3) is 2.10. The quantitative estimate of drug-likeness (QED) is 0.432. The van der Waals surface area contributed by atoms with Crippen molar-refractivity contribution in [2.75, 3.05) is 6.54 Å². The van der Waals surface area contributed by atoms with Gasteiger partial charge < -0.3 is 9.73 Å². The van der Waals surface area contributed by atoms with Gasteiger partial charge in [0.05, 0.1) is 12.6 Å². The molecule has 0 saturated carbocycles. The maximum Gasteiger partial charge on any atom is 0.433 e. The van der Waals surface area contributed by atoms with Gasteiger partial charge in [0, 0.05) is 0 Å². The fourth-order valence-corrected chi connectivity index (χ4v) is 0.766. The fraction of sp³-hybridized carbons (Fsp3) is 0.125. The van der Waals surface area contributed by atoms with Gasteiger partial charge in [-0.1, -0.05) is 5.92 Å². The number of nitrogens with one attached hydrogen (secondary N) is 1. The third-order valence-corrected chi connectivity index (χ3v) is 1.35. The lowest BCUT2D eigenvalue weighted by Gasteiger charge is -1.94. The number of carbonyl (C=O) groups excluding carboxylic acids is 1. The summed E-state index contributed by atoms with van der Waals surface area (Å²) in [7, 11) is 0. The van der Waals surface area contributed by atoms with E-state index in [1.165, 1.54) is 6.07 Å². The van der Waals surface area contributed by atoms with E-state index in [9.17, 15) is 14.9 Å². The molecule has 0 aliphatic carbocycles. The molecule has 1 heterocycles. The molecule has 72 valence electrons. The molecular formula is C8H6N2O4. The number of furan rings is 1. The first-order chi connectivity index (χ1) is 6.65. The SMILES string of the molecule is C#CCNC(=O)c1ccc([N+](=O)[O-])o1. The van der Waals surface area contributed by atoms with Crippen molar-refractivity contribution in [1.82, 2.24) is 5.32 Å². The number of hydrogen-bond donors (Lipinski definition) is 1. The van der Waals surface area contributed by atoms with Crippen LogP contribution in [0.5, 0.6) is 0 Å². The summed E-state index contributed by atoms with van der Waals surface area (Å²) >= 11 is 0. The van der Waals surface area contributed by atoms with E-state index >= 15 is 0 Å². The lowest BCUT2D eigenvalue weighted by molar-refractivity contribution is -0.402. The molecule has 1 aromatic rings. The van der Waals surface area contributed by atoms with Gasteiger partial charge in [-0.2, -0.15) is 0 Å². The molecule has 0 spiro atoms. The average Bonchev–Trinajstić information content (AvgIpc) is 2.62. The van der Waals surface area contributed by atoms with Crippen LogP contribution in [0.25, 0.3) is 0 Å². The number of carbonyl (C=O) groups is 1. The molecule has 0 unspecified atom stereocenters. The second kappa shape index (κ2) is 4.09. The number of nitrogens with zero attached hydrogens (tertiary/aromatic N) is 1. The summed E-state index contributed by atoms with van der Waals surface area (Å²) in [5.41, 5.74) is 0. The first-order valence-corrected chi connectivity index (χ1v) is 3.61. The van der Waals surface area contributed by atoms with Crippen LogP contribution in [0.3, 0.4) is 0 Å². The highest BCUT2D eigenvalue weighted by atomic mass is 16.6. The van der Waals surface area contributed by atoms with Gasteiger partial charge in [0.15, 0.2) is 5.76 Å². The number of amides is 1. The van der Waals surface area contributed by atoms with E-state index in [0.29, 0.717) is 0 Å². The number of rotatable bonds is 3. The maximum absolute atomic E-state index is 11.1. The number of hydrogen-bond acceptors (Lipinski definition) is 4. The first-order valence-electron chi connectivity index (χ1n) is 3.61. The average molecular weight is 194 g/mol. The standard InChI is InChI=1S/C8H6N2O4/c1-2-5-9-8(11)6-3-4-7(14-6)10(12)13/h1,3-4H,5H2,(H,9,11). The van der Waals surface area contributed by atoms with Crippen molar-refractivity contribution < 1.29 is 14.1 Å². The Hall–Kier alpha value is -2.29.